The minimum absolute atomic E-state index is 0.264. The van der Waals surface area contributed by atoms with Crippen LogP contribution in [-0.2, 0) is 18.3 Å². The fourth-order valence-electron chi connectivity index (χ4n) is 3.21. The van der Waals surface area contributed by atoms with Crippen LogP contribution < -0.4 is 0 Å². The largest absolute Gasteiger partial charge is 0.410 e. The van der Waals surface area contributed by atoms with Crippen LogP contribution in [0.1, 0.15) is 38.4 Å². The Morgan fingerprint density at radius 1 is 1.33 bits per heavy atom. The lowest BCUT2D eigenvalue weighted by Crippen LogP contribution is -2.39. The molecule has 0 bridgehead atoms. The van der Waals surface area contributed by atoms with Gasteiger partial charge in [-0.1, -0.05) is 43.1 Å². The lowest BCUT2D eigenvalue weighted by Gasteiger charge is -2.44. The molecule has 3 atom stereocenters. The average Bonchev–Trinajstić information content (AvgIpc) is 3.00. The zero-order chi connectivity index (χ0) is 17.5. The molecule has 2 saturated heterocycles. The van der Waals surface area contributed by atoms with Crippen LogP contribution in [-0.4, -0.2) is 31.2 Å². The fraction of sp³-hybridized carbons (Fsp3) is 0.625. The molecule has 0 N–H and O–H groups in total. The van der Waals surface area contributed by atoms with Gasteiger partial charge in [-0.25, -0.2) is 4.57 Å². The van der Waals surface area contributed by atoms with E-state index in [4.69, 9.17) is 37.0 Å². The molecule has 1 unspecified atom stereocenters. The molecule has 0 aromatic heterocycles. The minimum atomic E-state index is -3.48. The van der Waals surface area contributed by atoms with Crippen molar-refractivity contribution in [3.63, 3.8) is 0 Å². The Bertz CT molecular complexity index is 649. The van der Waals surface area contributed by atoms with Crippen LogP contribution in [0.3, 0.4) is 0 Å². The fourth-order valence-corrected chi connectivity index (χ4v) is 6.20. The van der Waals surface area contributed by atoms with E-state index in [-0.39, 0.29) is 12.8 Å². The smallest absolute Gasteiger partial charge is 0.366 e. The molecule has 2 aliphatic rings. The van der Waals surface area contributed by atoms with Crippen molar-refractivity contribution in [1.82, 2.24) is 4.67 Å². The molecular formula is C16H22Cl2NO4P. The predicted molar refractivity (Wildman–Crippen MR) is 94.4 cm³/mol. The quantitative estimate of drug-likeness (QED) is 0.653. The van der Waals surface area contributed by atoms with E-state index >= 15 is 0 Å². The summed E-state index contributed by atoms with van der Waals surface area (Å²) in [5.74, 6) is 0. The Hall–Kier alpha value is -0.130. The van der Waals surface area contributed by atoms with E-state index in [0.717, 1.165) is 12.8 Å². The Morgan fingerprint density at radius 2 is 2.00 bits per heavy atom. The second-order valence-electron chi connectivity index (χ2n) is 6.85. The number of halogens is 2. The molecule has 24 heavy (non-hydrogen) atoms. The summed E-state index contributed by atoms with van der Waals surface area (Å²) in [5, 5.41) is 0.998. The highest BCUT2D eigenvalue weighted by Gasteiger charge is 2.52. The number of benzene rings is 1. The van der Waals surface area contributed by atoms with Crippen LogP contribution in [0.4, 0.5) is 0 Å². The van der Waals surface area contributed by atoms with Gasteiger partial charge in [0.05, 0.1) is 6.61 Å². The first-order valence-corrected chi connectivity index (χ1v) is 10.2. The molecule has 2 fully saturated rings. The number of methoxy groups -OCH3 is 1. The van der Waals surface area contributed by atoms with E-state index in [1.165, 1.54) is 0 Å². The molecular weight excluding hydrogens is 372 g/mol. The van der Waals surface area contributed by atoms with Crippen LogP contribution >= 0.6 is 30.9 Å². The summed E-state index contributed by atoms with van der Waals surface area (Å²) < 4.78 is 32.3. The highest BCUT2D eigenvalue weighted by molar-refractivity contribution is 7.51. The van der Waals surface area contributed by atoms with Gasteiger partial charge >= 0.3 is 7.75 Å². The van der Waals surface area contributed by atoms with Crippen molar-refractivity contribution < 1.29 is 18.3 Å². The highest BCUT2D eigenvalue weighted by atomic mass is 35.5. The number of rotatable bonds is 3. The second kappa shape index (κ2) is 6.88. The molecule has 0 spiro atoms. The monoisotopic (exact) mass is 393 g/mol. The zero-order valence-electron chi connectivity index (χ0n) is 14.0. The standard InChI is InChI=1S/C16H22Cl2NO4P/c1-16(2)10-22-24(20,19-9-5-8-13(19)21-3)23-15(16)14-11(17)6-4-7-12(14)18/h4,6-7,13,15H,5,8-10H2,1-3H3/t13?,15-,24-/m1/s1. The maximum absolute atomic E-state index is 13.4. The van der Waals surface area contributed by atoms with Crippen molar-refractivity contribution in [1.29, 1.82) is 0 Å². The molecule has 1 aromatic carbocycles. The summed E-state index contributed by atoms with van der Waals surface area (Å²) >= 11 is 12.7. The van der Waals surface area contributed by atoms with Gasteiger partial charge in [0.25, 0.3) is 0 Å². The first-order chi connectivity index (χ1) is 11.3. The number of hydrogen-bond acceptors (Lipinski definition) is 4. The van der Waals surface area contributed by atoms with Gasteiger partial charge < -0.3 is 4.74 Å². The van der Waals surface area contributed by atoms with Crippen LogP contribution in [0.15, 0.2) is 18.2 Å². The van der Waals surface area contributed by atoms with Crippen LogP contribution in [0.25, 0.3) is 0 Å². The van der Waals surface area contributed by atoms with Crippen molar-refractivity contribution in [2.24, 2.45) is 5.41 Å². The Labute approximate surface area is 152 Å². The Morgan fingerprint density at radius 3 is 2.62 bits per heavy atom. The zero-order valence-corrected chi connectivity index (χ0v) is 16.4. The van der Waals surface area contributed by atoms with Crippen LogP contribution in [0, 0.1) is 5.41 Å². The van der Waals surface area contributed by atoms with Crippen molar-refractivity contribution in [3.05, 3.63) is 33.8 Å². The maximum Gasteiger partial charge on any atom is 0.410 e. The first-order valence-electron chi connectivity index (χ1n) is 7.95. The van der Waals surface area contributed by atoms with Gasteiger partial charge in [0, 0.05) is 34.7 Å². The average molecular weight is 394 g/mol. The summed E-state index contributed by atoms with van der Waals surface area (Å²) in [4.78, 5) is 0. The third-order valence-corrected chi connectivity index (χ3v) is 7.25. The van der Waals surface area contributed by atoms with Gasteiger partial charge in [-0.2, -0.15) is 4.67 Å². The second-order valence-corrected chi connectivity index (χ2v) is 9.58. The van der Waals surface area contributed by atoms with Crippen molar-refractivity contribution >= 4 is 30.9 Å². The summed E-state index contributed by atoms with van der Waals surface area (Å²) in [7, 11) is -1.88. The maximum atomic E-state index is 13.4. The summed E-state index contributed by atoms with van der Waals surface area (Å²) in [6, 6.07) is 5.30. The molecule has 3 rings (SSSR count). The lowest BCUT2D eigenvalue weighted by molar-refractivity contribution is -0.0599. The summed E-state index contributed by atoms with van der Waals surface area (Å²) in [6.07, 6.45) is 0.889. The first kappa shape index (κ1) is 18.7. The number of hydrogen-bond donors (Lipinski definition) is 0. The summed E-state index contributed by atoms with van der Waals surface area (Å²) in [5.41, 5.74) is 0.229. The highest BCUT2D eigenvalue weighted by Crippen LogP contribution is 2.65. The molecule has 0 aliphatic carbocycles. The van der Waals surface area contributed by atoms with Crippen LogP contribution in [0.2, 0.25) is 10.0 Å². The van der Waals surface area contributed by atoms with Crippen LogP contribution in [0.5, 0.6) is 0 Å². The van der Waals surface area contributed by atoms with Gasteiger partial charge in [-0.15, -0.1) is 0 Å². The topological polar surface area (TPSA) is 48.0 Å². The minimum Gasteiger partial charge on any atom is -0.366 e. The van der Waals surface area contributed by atoms with Crippen molar-refractivity contribution in [3.8, 4) is 0 Å². The van der Waals surface area contributed by atoms with Gasteiger partial charge in [-0.3, -0.25) is 9.05 Å². The van der Waals surface area contributed by atoms with Crippen molar-refractivity contribution in [2.75, 3.05) is 20.3 Å². The van der Waals surface area contributed by atoms with Gasteiger partial charge in [-0.05, 0) is 25.0 Å². The Balaban J connectivity index is 1.98. The summed E-state index contributed by atoms with van der Waals surface area (Å²) in [6.45, 7) is 4.86. The third-order valence-electron chi connectivity index (χ3n) is 4.57. The lowest BCUT2D eigenvalue weighted by atomic mass is 9.83. The van der Waals surface area contributed by atoms with E-state index in [1.807, 2.05) is 13.8 Å². The van der Waals surface area contributed by atoms with Gasteiger partial charge in [0.2, 0.25) is 0 Å². The van der Waals surface area contributed by atoms with E-state index in [1.54, 1.807) is 30.0 Å². The molecule has 2 heterocycles. The third kappa shape index (κ3) is 3.28. The molecule has 0 saturated carbocycles. The predicted octanol–water partition coefficient (Wildman–Crippen LogP) is 5.28. The molecule has 5 nitrogen and oxygen atoms in total. The molecule has 0 radical (unpaired) electrons. The molecule has 2 aliphatic heterocycles. The molecule has 0 amide bonds. The Kier molecular flexibility index (Phi) is 5.35. The van der Waals surface area contributed by atoms with Gasteiger partial charge in [0.1, 0.15) is 12.3 Å². The van der Waals surface area contributed by atoms with E-state index in [9.17, 15) is 4.57 Å². The van der Waals surface area contributed by atoms with E-state index in [0.29, 0.717) is 22.2 Å². The van der Waals surface area contributed by atoms with Crippen molar-refractivity contribution in [2.45, 2.75) is 39.0 Å². The van der Waals surface area contributed by atoms with Gasteiger partial charge in [0.15, 0.2) is 0 Å². The molecule has 1 aromatic rings. The molecule has 134 valence electrons. The SMILES string of the molecule is COC1CCCN1[P@@]1(=O)OCC(C)(C)[C@@H](c2c(Cl)cccc2Cl)O1. The van der Waals surface area contributed by atoms with E-state index < -0.39 is 19.3 Å². The number of nitrogens with zero attached hydrogens (tertiary/aromatic N) is 1. The number of ether oxygens (including phenoxy) is 1. The molecule has 8 heteroatoms. The normalized spacial score (nSPS) is 33.7. The van der Waals surface area contributed by atoms with E-state index in [2.05, 4.69) is 0 Å².